The summed E-state index contributed by atoms with van der Waals surface area (Å²) in [5.41, 5.74) is 13.1. The summed E-state index contributed by atoms with van der Waals surface area (Å²) in [5.74, 6) is -0.474. The Morgan fingerprint density at radius 3 is 2.39 bits per heavy atom. The summed E-state index contributed by atoms with van der Waals surface area (Å²) >= 11 is 0. The van der Waals surface area contributed by atoms with Crippen molar-refractivity contribution in [1.82, 2.24) is 0 Å². The molecule has 0 heterocycles. The maximum atomic E-state index is 12.3. The van der Waals surface area contributed by atoms with E-state index in [4.69, 9.17) is 11.5 Å². The Labute approximate surface area is 143 Å². The summed E-state index contributed by atoms with van der Waals surface area (Å²) in [5, 5.41) is 2.91. The number of nitrogens with one attached hydrogen (secondary N) is 1. The van der Waals surface area contributed by atoms with Crippen LogP contribution < -0.4 is 16.8 Å². The van der Waals surface area contributed by atoms with Gasteiger partial charge in [-0.1, -0.05) is 19.3 Å². The van der Waals surface area contributed by atoms with Crippen molar-refractivity contribution in [2.24, 2.45) is 16.9 Å². The SMILES string of the molecule is Cc1cc(NC(=O)CC2(CN)CCCCC2)ccc1C(N)=O.Cl. The molecule has 0 bridgehead atoms. The van der Waals surface area contributed by atoms with E-state index in [-0.39, 0.29) is 23.7 Å². The van der Waals surface area contributed by atoms with Gasteiger partial charge in [-0.05, 0) is 55.5 Å². The third-order valence-corrected chi connectivity index (χ3v) is 4.66. The zero-order valence-corrected chi connectivity index (χ0v) is 14.4. The number of hydrogen-bond acceptors (Lipinski definition) is 3. The number of nitrogens with two attached hydrogens (primary N) is 2. The lowest BCUT2D eigenvalue weighted by atomic mass is 9.71. The first kappa shape index (κ1) is 19.5. The van der Waals surface area contributed by atoms with Crippen LogP contribution in [0.3, 0.4) is 0 Å². The molecular weight excluding hydrogens is 314 g/mol. The molecule has 2 rings (SSSR count). The first-order valence-electron chi connectivity index (χ1n) is 7.86. The van der Waals surface area contributed by atoms with Crippen LogP contribution in [0.2, 0.25) is 0 Å². The van der Waals surface area contributed by atoms with E-state index in [9.17, 15) is 9.59 Å². The highest BCUT2D eigenvalue weighted by Crippen LogP contribution is 2.38. The Morgan fingerprint density at radius 2 is 1.87 bits per heavy atom. The van der Waals surface area contributed by atoms with Gasteiger partial charge in [0.15, 0.2) is 0 Å². The van der Waals surface area contributed by atoms with Gasteiger partial charge in [-0.15, -0.1) is 12.4 Å². The summed E-state index contributed by atoms with van der Waals surface area (Å²) in [4.78, 5) is 23.5. The molecule has 5 N–H and O–H groups in total. The average molecular weight is 340 g/mol. The van der Waals surface area contributed by atoms with Crippen molar-refractivity contribution in [2.45, 2.75) is 45.4 Å². The van der Waals surface area contributed by atoms with Crippen LogP contribution in [0, 0.1) is 12.3 Å². The minimum Gasteiger partial charge on any atom is -0.366 e. The van der Waals surface area contributed by atoms with Gasteiger partial charge in [0, 0.05) is 17.7 Å². The van der Waals surface area contributed by atoms with Gasteiger partial charge in [0.2, 0.25) is 11.8 Å². The third-order valence-electron chi connectivity index (χ3n) is 4.66. The van der Waals surface area contributed by atoms with Gasteiger partial charge in [-0.3, -0.25) is 9.59 Å². The first-order chi connectivity index (χ1) is 10.5. The number of hydrogen-bond donors (Lipinski definition) is 3. The number of benzene rings is 1. The maximum absolute atomic E-state index is 12.3. The molecule has 1 fully saturated rings. The van der Waals surface area contributed by atoms with Crippen LogP contribution in [0.4, 0.5) is 5.69 Å². The number of rotatable bonds is 5. The van der Waals surface area contributed by atoms with Gasteiger partial charge in [0.05, 0.1) is 0 Å². The molecule has 6 heteroatoms. The van der Waals surface area contributed by atoms with E-state index in [1.807, 2.05) is 0 Å². The first-order valence-corrected chi connectivity index (χ1v) is 7.86. The predicted molar refractivity (Wildman–Crippen MR) is 94.8 cm³/mol. The van der Waals surface area contributed by atoms with Gasteiger partial charge in [0.25, 0.3) is 0 Å². The summed E-state index contributed by atoms with van der Waals surface area (Å²) in [6.07, 6.45) is 6.04. The highest BCUT2D eigenvalue weighted by molar-refractivity contribution is 5.96. The molecule has 23 heavy (non-hydrogen) atoms. The number of carbonyl (C=O) groups excluding carboxylic acids is 2. The zero-order chi connectivity index (χ0) is 16.2. The number of carbonyl (C=O) groups is 2. The summed E-state index contributed by atoms with van der Waals surface area (Å²) in [7, 11) is 0. The lowest BCUT2D eigenvalue weighted by molar-refractivity contribution is -0.118. The molecule has 0 aromatic heterocycles. The minimum atomic E-state index is -0.459. The van der Waals surface area contributed by atoms with E-state index in [0.29, 0.717) is 24.2 Å². The normalized spacial score (nSPS) is 16.3. The van der Waals surface area contributed by atoms with Crippen molar-refractivity contribution >= 4 is 29.9 Å². The largest absolute Gasteiger partial charge is 0.366 e. The van der Waals surface area contributed by atoms with Crippen molar-refractivity contribution in [3.63, 3.8) is 0 Å². The fourth-order valence-corrected chi connectivity index (χ4v) is 3.32. The van der Waals surface area contributed by atoms with Gasteiger partial charge < -0.3 is 16.8 Å². The van der Waals surface area contributed by atoms with Gasteiger partial charge in [-0.2, -0.15) is 0 Å². The summed E-state index contributed by atoms with van der Waals surface area (Å²) < 4.78 is 0. The molecule has 2 amide bonds. The van der Waals surface area contributed by atoms with Crippen molar-refractivity contribution in [3.05, 3.63) is 29.3 Å². The molecule has 5 nitrogen and oxygen atoms in total. The molecule has 0 spiro atoms. The van der Waals surface area contributed by atoms with Crippen molar-refractivity contribution in [1.29, 1.82) is 0 Å². The van der Waals surface area contributed by atoms with E-state index >= 15 is 0 Å². The minimum absolute atomic E-state index is 0. The quantitative estimate of drug-likeness (QED) is 0.769. The van der Waals surface area contributed by atoms with Crippen LogP contribution in [0.25, 0.3) is 0 Å². The second kappa shape index (κ2) is 8.31. The summed E-state index contributed by atoms with van der Waals surface area (Å²) in [6.45, 7) is 2.36. The molecule has 1 aliphatic carbocycles. The molecular formula is C17H26ClN3O2. The standard InChI is InChI=1S/C17H25N3O2.ClH/c1-12-9-13(5-6-14(12)16(19)22)20-15(21)10-17(11-18)7-3-2-4-8-17;/h5-6,9H,2-4,7-8,10-11,18H2,1H3,(H2,19,22)(H,20,21);1H. The molecule has 0 atom stereocenters. The molecule has 1 aliphatic rings. The second-order valence-corrected chi connectivity index (χ2v) is 6.38. The number of aryl methyl sites for hydroxylation is 1. The number of primary amides is 1. The monoisotopic (exact) mass is 339 g/mol. The Morgan fingerprint density at radius 1 is 1.22 bits per heavy atom. The van der Waals surface area contributed by atoms with E-state index < -0.39 is 5.91 Å². The van der Waals surface area contributed by atoms with Crippen LogP contribution in [-0.4, -0.2) is 18.4 Å². The van der Waals surface area contributed by atoms with E-state index in [1.54, 1.807) is 25.1 Å². The van der Waals surface area contributed by atoms with Crippen molar-refractivity contribution < 1.29 is 9.59 Å². The fourth-order valence-electron chi connectivity index (χ4n) is 3.32. The molecule has 0 unspecified atom stereocenters. The van der Waals surface area contributed by atoms with Crippen LogP contribution in [0.5, 0.6) is 0 Å². The summed E-state index contributed by atoms with van der Waals surface area (Å²) in [6, 6.07) is 5.13. The number of anilines is 1. The fraction of sp³-hybridized carbons (Fsp3) is 0.529. The molecule has 0 aliphatic heterocycles. The average Bonchev–Trinajstić information content (AvgIpc) is 2.47. The maximum Gasteiger partial charge on any atom is 0.248 e. The highest BCUT2D eigenvalue weighted by Gasteiger charge is 2.32. The molecule has 1 aromatic carbocycles. The van der Waals surface area contributed by atoms with Crippen LogP contribution in [-0.2, 0) is 4.79 Å². The van der Waals surface area contributed by atoms with Gasteiger partial charge in [0.1, 0.15) is 0 Å². The zero-order valence-electron chi connectivity index (χ0n) is 13.6. The number of amides is 2. The van der Waals surface area contributed by atoms with Crippen molar-refractivity contribution in [3.8, 4) is 0 Å². The molecule has 128 valence electrons. The molecule has 1 saturated carbocycles. The van der Waals surface area contributed by atoms with E-state index in [1.165, 1.54) is 6.42 Å². The Balaban J connectivity index is 0.00000264. The Bertz CT molecular complexity index is 569. The smallest absolute Gasteiger partial charge is 0.248 e. The topological polar surface area (TPSA) is 98.2 Å². The molecule has 1 aromatic rings. The van der Waals surface area contributed by atoms with E-state index in [0.717, 1.165) is 31.2 Å². The van der Waals surface area contributed by atoms with Crippen LogP contribution >= 0.6 is 12.4 Å². The predicted octanol–water partition coefficient (Wildman–Crippen LogP) is 2.75. The van der Waals surface area contributed by atoms with Gasteiger partial charge >= 0.3 is 0 Å². The lowest BCUT2D eigenvalue weighted by Crippen LogP contribution is -2.36. The number of halogens is 1. The Kier molecular flexibility index (Phi) is 7.03. The highest BCUT2D eigenvalue weighted by atomic mass is 35.5. The van der Waals surface area contributed by atoms with Gasteiger partial charge in [-0.25, -0.2) is 0 Å². The van der Waals surface area contributed by atoms with Crippen molar-refractivity contribution in [2.75, 3.05) is 11.9 Å². The lowest BCUT2D eigenvalue weighted by Gasteiger charge is -2.35. The Hall–Kier alpha value is -1.59. The van der Waals surface area contributed by atoms with E-state index in [2.05, 4.69) is 5.32 Å². The van der Waals surface area contributed by atoms with Crippen LogP contribution in [0.1, 0.15) is 54.4 Å². The third kappa shape index (κ3) is 4.94. The molecule has 0 saturated heterocycles. The molecule has 0 radical (unpaired) electrons. The van der Waals surface area contributed by atoms with Crippen LogP contribution in [0.15, 0.2) is 18.2 Å². The second-order valence-electron chi connectivity index (χ2n) is 6.38.